The van der Waals surface area contributed by atoms with Crippen molar-refractivity contribution in [3.63, 3.8) is 0 Å². The number of hydrogen-bond acceptors (Lipinski definition) is 5. The maximum atomic E-state index is 11.3. The maximum absolute atomic E-state index is 11.3. The normalized spacial score (nSPS) is 11.1. The van der Waals surface area contributed by atoms with Gasteiger partial charge in [-0.05, 0) is 26.3 Å². The van der Waals surface area contributed by atoms with Crippen LogP contribution in [0.5, 0.6) is 0 Å². The van der Waals surface area contributed by atoms with E-state index in [1.165, 1.54) is 6.92 Å². The Kier molecular flexibility index (Phi) is 6.61. The van der Waals surface area contributed by atoms with Gasteiger partial charge in [0, 0.05) is 0 Å². The quantitative estimate of drug-likeness (QED) is 0.401. The second-order valence-electron chi connectivity index (χ2n) is 2.97. The summed E-state index contributed by atoms with van der Waals surface area (Å²) >= 11 is 0. The van der Waals surface area contributed by atoms with Crippen molar-refractivity contribution in [3.8, 4) is 6.07 Å². The van der Waals surface area contributed by atoms with Gasteiger partial charge in [-0.1, -0.05) is 0 Å². The highest BCUT2D eigenvalue weighted by Crippen LogP contribution is 2.10. The predicted molar refractivity (Wildman–Crippen MR) is 56.2 cm³/mol. The molecule has 0 amide bonds. The van der Waals surface area contributed by atoms with Crippen molar-refractivity contribution >= 4 is 11.9 Å². The van der Waals surface area contributed by atoms with Crippen LogP contribution >= 0.6 is 0 Å². The molecule has 0 aromatic heterocycles. The summed E-state index contributed by atoms with van der Waals surface area (Å²) in [6.45, 7) is 5.33. The van der Waals surface area contributed by atoms with Crippen LogP contribution < -0.4 is 0 Å². The Bertz CT molecular complexity index is 338. The molecular weight excluding hydrogens is 210 g/mol. The third-order valence-corrected chi connectivity index (χ3v) is 1.73. The molecule has 0 unspecified atom stereocenters. The topological polar surface area (TPSA) is 76.4 Å². The van der Waals surface area contributed by atoms with Crippen molar-refractivity contribution in [3.05, 3.63) is 11.1 Å². The molecule has 0 aliphatic rings. The van der Waals surface area contributed by atoms with Crippen LogP contribution in [0.4, 0.5) is 0 Å². The van der Waals surface area contributed by atoms with Gasteiger partial charge < -0.3 is 9.47 Å². The molecule has 0 aliphatic carbocycles. The first kappa shape index (κ1) is 14.2. The zero-order valence-corrected chi connectivity index (χ0v) is 9.70. The van der Waals surface area contributed by atoms with E-state index in [0.29, 0.717) is 5.57 Å². The monoisotopic (exact) mass is 225 g/mol. The first-order chi connectivity index (χ1) is 7.56. The van der Waals surface area contributed by atoms with Gasteiger partial charge in [0.1, 0.15) is 11.6 Å². The lowest BCUT2D eigenvalue weighted by atomic mass is 10.1. The van der Waals surface area contributed by atoms with E-state index in [4.69, 9.17) is 10.00 Å². The lowest BCUT2D eigenvalue weighted by molar-refractivity contribution is -0.142. The third-order valence-electron chi connectivity index (χ3n) is 1.73. The van der Waals surface area contributed by atoms with E-state index in [0.717, 1.165) is 0 Å². The van der Waals surface area contributed by atoms with Crippen LogP contribution in [0, 0.1) is 11.3 Å². The highest BCUT2D eigenvalue weighted by atomic mass is 16.5. The molecule has 0 aromatic carbocycles. The molecule has 0 saturated heterocycles. The number of esters is 2. The summed E-state index contributed by atoms with van der Waals surface area (Å²) < 4.78 is 9.40. The molecule has 0 radical (unpaired) electrons. The molecule has 0 saturated carbocycles. The number of nitriles is 1. The number of carbonyl (C=O) groups excluding carboxylic acids is 2. The van der Waals surface area contributed by atoms with Crippen LogP contribution in [0.2, 0.25) is 0 Å². The number of carbonyl (C=O) groups is 2. The largest absolute Gasteiger partial charge is 0.466 e. The highest BCUT2D eigenvalue weighted by Gasteiger charge is 2.16. The molecule has 0 aliphatic heterocycles. The van der Waals surface area contributed by atoms with Gasteiger partial charge in [-0.2, -0.15) is 5.26 Å². The fraction of sp³-hybridized carbons (Fsp3) is 0.545. The first-order valence-corrected chi connectivity index (χ1v) is 4.99. The Morgan fingerprint density at radius 1 is 1.19 bits per heavy atom. The first-order valence-electron chi connectivity index (χ1n) is 4.99. The van der Waals surface area contributed by atoms with Gasteiger partial charge in [-0.15, -0.1) is 0 Å². The smallest absolute Gasteiger partial charge is 0.348 e. The van der Waals surface area contributed by atoms with E-state index in [1.807, 2.05) is 0 Å². The van der Waals surface area contributed by atoms with Crippen LogP contribution in [0.1, 0.15) is 27.2 Å². The molecule has 0 N–H and O–H groups in total. The van der Waals surface area contributed by atoms with Crippen LogP contribution in [-0.2, 0) is 19.1 Å². The fourth-order valence-corrected chi connectivity index (χ4v) is 1.04. The molecule has 0 fully saturated rings. The van der Waals surface area contributed by atoms with Crippen LogP contribution in [0.3, 0.4) is 0 Å². The molecular formula is C11H15NO4. The minimum Gasteiger partial charge on any atom is -0.466 e. The standard InChI is InChI=1S/C11H15NO4/c1-4-15-10(13)6-8(3)9(7-12)11(14)16-5-2/h4-6H2,1-3H3/b9-8+. The number of ether oxygens (including phenoxy) is 2. The summed E-state index contributed by atoms with van der Waals surface area (Å²) in [5, 5.41) is 8.78. The van der Waals surface area contributed by atoms with E-state index >= 15 is 0 Å². The number of rotatable bonds is 5. The summed E-state index contributed by atoms with van der Waals surface area (Å²) in [6, 6.07) is 1.73. The van der Waals surface area contributed by atoms with E-state index in [1.54, 1.807) is 19.9 Å². The van der Waals surface area contributed by atoms with Crippen molar-refractivity contribution in [2.75, 3.05) is 13.2 Å². The average Bonchev–Trinajstić information content (AvgIpc) is 2.19. The zero-order chi connectivity index (χ0) is 12.6. The summed E-state index contributed by atoms with van der Waals surface area (Å²) in [5.74, 6) is -1.16. The molecule has 0 aromatic rings. The van der Waals surface area contributed by atoms with Crippen LogP contribution in [-0.4, -0.2) is 25.2 Å². The Balaban J connectivity index is 4.69. The van der Waals surface area contributed by atoms with E-state index < -0.39 is 11.9 Å². The molecule has 16 heavy (non-hydrogen) atoms. The lowest BCUT2D eigenvalue weighted by Crippen LogP contribution is -2.11. The van der Waals surface area contributed by atoms with Gasteiger partial charge in [0.25, 0.3) is 0 Å². The summed E-state index contributed by atoms with van der Waals surface area (Å²) in [4.78, 5) is 22.4. The fourth-order valence-electron chi connectivity index (χ4n) is 1.04. The van der Waals surface area contributed by atoms with E-state index in [9.17, 15) is 9.59 Å². The van der Waals surface area contributed by atoms with E-state index in [-0.39, 0.29) is 25.2 Å². The second kappa shape index (κ2) is 7.46. The predicted octanol–water partition coefficient (Wildman–Crippen LogP) is 1.34. The summed E-state index contributed by atoms with van der Waals surface area (Å²) in [7, 11) is 0. The molecule has 5 heteroatoms. The minimum atomic E-state index is -0.702. The SMILES string of the molecule is CCOC(=O)C/C(C)=C(\C#N)C(=O)OCC. The zero-order valence-electron chi connectivity index (χ0n) is 9.70. The Labute approximate surface area is 94.6 Å². The Hall–Kier alpha value is -1.83. The van der Waals surface area contributed by atoms with Crippen LogP contribution in [0.15, 0.2) is 11.1 Å². The number of nitrogens with zero attached hydrogens (tertiary/aromatic N) is 1. The average molecular weight is 225 g/mol. The lowest BCUT2D eigenvalue weighted by Gasteiger charge is -2.05. The van der Waals surface area contributed by atoms with Gasteiger partial charge >= 0.3 is 11.9 Å². The van der Waals surface area contributed by atoms with Gasteiger partial charge in [-0.25, -0.2) is 4.79 Å². The molecule has 0 heterocycles. The summed E-state index contributed by atoms with van der Waals surface area (Å²) in [6.07, 6.45) is -0.0739. The van der Waals surface area contributed by atoms with Crippen molar-refractivity contribution in [1.29, 1.82) is 5.26 Å². The molecule has 0 spiro atoms. The third kappa shape index (κ3) is 4.60. The molecule has 0 rings (SSSR count). The Morgan fingerprint density at radius 3 is 2.19 bits per heavy atom. The van der Waals surface area contributed by atoms with Crippen molar-refractivity contribution < 1.29 is 19.1 Å². The van der Waals surface area contributed by atoms with Gasteiger partial charge in [0.15, 0.2) is 0 Å². The van der Waals surface area contributed by atoms with Crippen LogP contribution in [0.25, 0.3) is 0 Å². The Morgan fingerprint density at radius 2 is 1.75 bits per heavy atom. The molecule has 88 valence electrons. The minimum absolute atomic E-state index is 0.0739. The highest BCUT2D eigenvalue weighted by molar-refractivity contribution is 5.94. The van der Waals surface area contributed by atoms with Crippen molar-refractivity contribution in [2.24, 2.45) is 0 Å². The maximum Gasteiger partial charge on any atom is 0.348 e. The molecule has 0 bridgehead atoms. The number of hydrogen-bond donors (Lipinski definition) is 0. The molecule has 0 atom stereocenters. The van der Waals surface area contributed by atoms with Crippen molar-refractivity contribution in [1.82, 2.24) is 0 Å². The van der Waals surface area contributed by atoms with Gasteiger partial charge in [0.2, 0.25) is 0 Å². The van der Waals surface area contributed by atoms with E-state index in [2.05, 4.69) is 4.74 Å². The van der Waals surface area contributed by atoms with Gasteiger partial charge in [-0.3, -0.25) is 4.79 Å². The second-order valence-corrected chi connectivity index (χ2v) is 2.97. The van der Waals surface area contributed by atoms with Gasteiger partial charge in [0.05, 0.1) is 19.6 Å². The molecule has 5 nitrogen and oxygen atoms in total. The van der Waals surface area contributed by atoms with Crippen molar-refractivity contribution in [2.45, 2.75) is 27.2 Å². The summed E-state index contributed by atoms with van der Waals surface area (Å²) in [5.41, 5.74) is 0.231.